The lowest BCUT2D eigenvalue weighted by Crippen LogP contribution is -2.65. The molecule has 5 atom stereocenters. The lowest BCUT2D eigenvalue weighted by atomic mass is 9.96. The van der Waals surface area contributed by atoms with Crippen molar-refractivity contribution < 1.29 is 33.6 Å². The number of hydrogen-bond acceptors (Lipinski definition) is 7. The molecule has 1 amide bonds. The van der Waals surface area contributed by atoms with Gasteiger partial charge in [-0.1, -0.05) is 0 Å². The Balaban J connectivity index is 2.96. The highest BCUT2D eigenvalue weighted by Gasteiger charge is 2.48. The van der Waals surface area contributed by atoms with Crippen LogP contribution in [0.3, 0.4) is 0 Å². The molecule has 0 saturated carbocycles. The molecule has 20 heavy (non-hydrogen) atoms. The Morgan fingerprint density at radius 1 is 1.25 bits per heavy atom. The lowest BCUT2D eigenvalue weighted by Gasteiger charge is -2.43. The molecule has 0 aromatic heterocycles. The number of aliphatic hydroxyl groups excluding tert-OH is 1. The number of methoxy groups -OCH3 is 2. The summed E-state index contributed by atoms with van der Waals surface area (Å²) in [5.41, 5.74) is 0. The molecule has 116 valence electrons. The molecule has 1 aliphatic rings. The molecule has 0 unspecified atom stereocenters. The standard InChI is InChI=1S/C12H21NO7/c1-6(14)13-9-11(18-4)10(19-7(2)15)8(5-17-3)20-12(9)16/h8-12,16H,5H2,1-4H3,(H,13,14)/t8-,9-,10+,11-,12+/m1/s1. The zero-order valence-electron chi connectivity index (χ0n) is 12.0. The van der Waals surface area contributed by atoms with Gasteiger partial charge in [0.1, 0.15) is 18.2 Å². The average molecular weight is 291 g/mol. The van der Waals surface area contributed by atoms with Crippen LogP contribution in [0.5, 0.6) is 0 Å². The zero-order chi connectivity index (χ0) is 15.3. The quantitative estimate of drug-likeness (QED) is 0.613. The second kappa shape index (κ2) is 7.53. The van der Waals surface area contributed by atoms with Gasteiger partial charge in [0.25, 0.3) is 0 Å². The number of rotatable bonds is 5. The van der Waals surface area contributed by atoms with E-state index in [9.17, 15) is 14.7 Å². The van der Waals surface area contributed by atoms with Crippen molar-refractivity contribution >= 4 is 11.9 Å². The zero-order valence-corrected chi connectivity index (χ0v) is 12.0. The predicted molar refractivity (Wildman–Crippen MR) is 66.7 cm³/mol. The second-order valence-electron chi connectivity index (χ2n) is 4.52. The number of esters is 1. The summed E-state index contributed by atoms with van der Waals surface area (Å²) in [6.07, 6.45) is -3.51. The summed E-state index contributed by atoms with van der Waals surface area (Å²) >= 11 is 0. The van der Waals surface area contributed by atoms with Gasteiger partial charge in [-0.25, -0.2) is 0 Å². The van der Waals surface area contributed by atoms with Gasteiger partial charge < -0.3 is 29.4 Å². The van der Waals surface area contributed by atoms with Crippen molar-refractivity contribution in [3.8, 4) is 0 Å². The first-order chi connectivity index (χ1) is 9.40. The number of ether oxygens (including phenoxy) is 4. The fourth-order valence-corrected chi connectivity index (χ4v) is 2.22. The van der Waals surface area contributed by atoms with Crippen LogP contribution >= 0.6 is 0 Å². The van der Waals surface area contributed by atoms with Gasteiger partial charge >= 0.3 is 5.97 Å². The van der Waals surface area contributed by atoms with Crippen molar-refractivity contribution in [1.82, 2.24) is 5.32 Å². The molecule has 0 aromatic rings. The Kier molecular flexibility index (Phi) is 6.34. The minimum absolute atomic E-state index is 0.113. The maximum absolute atomic E-state index is 11.2. The number of hydrogen-bond donors (Lipinski definition) is 2. The first kappa shape index (κ1) is 16.8. The number of carbonyl (C=O) groups excluding carboxylic acids is 2. The molecule has 1 heterocycles. The predicted octanol–water partition coefficient (Wildman–Crippen LogP) is -1.20. The number of nitrogens with one attached hydrogen (secondary N) is 1. The number of aliphatic hydroxyl groups is 1. The van der Waals surface area contributed by atoms with Gasteiger partial charge in [0.05, 0.1) is 6.61 Å². The summed E-state index contributed by atoms with van der Waals surface area (Å²) in [6, 6.07) is -0.838. The maximum atomic E-state index is 11.2. The molecule has 0 spiro atoms. The van der Waals surface area contributed by atoms with E-state index in [4.69, 9.17) is 18.9 Å². The normalized spacial score (nSPS) is 33.5. The number of amides is 1. The molecule has 1 rings (SSSR count). The Labute approximate surface area is 117 Å². The number of carbonyl (C=O) groups is 2. The molecule has 1 aliphatic heterocycles. The SMILES string of the molecule is COC[C@H]1O[C@H](O)[C@H](NC(C)=O)[C@@H](OC)[C@H]1OC(C)=O. The van der Waals surface area contributed by atoms with Crippen LogP contribution in [0, 0.1) is 0 Å². The highest BCUT2D eigenvalue weighted by Crippen LogP contribution is 2.25. The van der Waals surface area contributed by atoms with Gasteiger partial charge in [-0.2, -0.15) is 0 Å². The first-order valence-corrected chi connectivity index (χ1v) is 6.20. The molecule has 8 heteroatoms. The van der Waals surface area contributed by atoms with E-state index in [1.54, 1.807) is 0 Å². The van der Waals surface area contributed by atoms with Crippen LogP contribution in [0.4, 0.5) is 0 Å². The highest BCUT2D eigenvalue weighted by atomic mass is 16.7. The lowest BCUT2D eigenvalue weighted by molar-refractivity contribution is -0.264. The molecule has 0 radical (unpaired) electrons. The summed E-state index contributed by atoms with van der Waals surface area (Å²) in [6.45, 7) is 2.68. The van der Waals surface area contributed by atoms with Crippen molar-refractivity contribution in [3.05, 3.63) is 0 Å². The van der Waals surface area contributed by atoms with Gasteiger partial charge in [-0.3, -0.25) is 9.59 Å². The molecule has 1 saturated heterocycles. The van der Waals surface area contributed by atoms with Gasteiger partial charge in [0.15, 0.2) is 12.4 Å². The van der Waals surface area contributed by atoms with E-state index in [0.717, 1.165) is 0 Å². The topological polar surface area (TPSA) is 103 Å². The van der Waals surface area contributed by atoms with E-state index in [1.807, 2.05) is 0 Å². The van der Waals surface area contributed by atoms with E-state index in [-0.39, 0.29) is 12.5 Å². The van der Waals surface area contributed by atoms with Crippen molar-refractivity contribution in [2.24, 2.45) is 0 Å². The van der Waals surface area contributed by atoms with Crippen molar-refractivity contribution in [2.45, 2.75) is 44.5 Å². The Bertz CT molecular complexity index is 349. The van der Waals surface area contributed by atoms with E-state index in [2.05, 4.69) is 5.32 Å². The van der Waals surface area contributed by atoms with Crippen LogP contribution < -0.4 is 5.32 Å². The summed E-state index contributed by atoms with van der Waals surface area (Å²) in [4.78, 5) is 22.4. The van der Waals surface area contributed by atoms with Crippen molar-refractivity contribution in [2.75, 3.05) is 20.8 Å². The van der Waals surface area contributed by atoms with Crippen LogP contribution in [-0.4, -0.2) is 68.5 Å². The Morgan fingerprint density at radius 2 is 1.90 bits per heavy atom. The highest BCUT2D eigenvalue weighted by molar-refractivity contribution is 5.73. The smallest absolute Gasteiger partial charge is 0.303 e. The third kappa shape index (κ3) is 4.14. The Morgan fingerprint density at radius 3 is 2.35 bits per heavy atom. The van der Waals surface area contributed by atoms with Gasteiger partial charge in [-0.05, 0) is 0 Å². The van der Waals surface area contributed by atoms with Crippen LogP contribution in [-0.2, 0) is 28.5 Å². The van der Waals surface area contributed by atoms with Gasteiger partial charge in [0, 0.05) is 28.1 Å². The van der Waals surface area contributed by atoms with E-state index in [1.165, 1.54) is 28.1 Å². The summed E-state index contributed by atoms with van der Waals surface area (Å²) in [5, 5.41) is 12.5. The molecule has 8 nitrogen and oxygen atoms in total. The van der Waals surface area contributed by atoms with Gasteiger partial charge in [-0.15, -0.1) is 0 Å². The van der Waals surface area contributed by atoms with Crippen molar-refractivity contribution in [3.63, 3.8) is 0 Å². The summed E-state index contributed by atoms with van der Waals surface area (Å²) in [5.74, 6) is -0.869. The average Bonchev–Trinajstić information content (AvgIpc) is 2.34. The first-order valence-electron chi connectivity index (χ1n) is 6.20. The fourth-order valence-electron chi connectivity index (χ4n) is 2.22. The van der Waals surface area contributed by atoms with E-state index >= 15 is 0 Å². The maximum Gasteiger partial charge on any atom is 0.303 e. The molecule has 0 bridgehead atoms. The summed E-state index contributed by atoms with van der Waals surface area (Å²) in [7, 11) is 2.86. The molecular weight excluding hydrogens is 270 g/mol. The van der Waals surface area contributed by atoms with Crippen LogP contribution in [0.2, 0.25) is 0 Å². The molecular formula is C12H21NO7. The Hall–Kier alpha value is -1.22. The second-order valence-corrected chi connectivity index (χ2v) is 4.52. The van der Waals surface area contributed by atoms with Gasteiger partial charge in [0.2, 0.25) is 5.91 Å². The molecule has 0 aromatic carbocycles. The molecule has 1 fully saturated rings. The minimum Gasteiger partial charge on any atom is -0.457 e. The monoisotopic (exact) mass is 291 g/mol. The molecule has 0 aliphatic carbocycles. The van der Waals surface area contributed by atoms with Crippen LogP contribution in [0.1, 0.15) is 13.8 Å². The van der Waals surface area contributed by atoms with Crippen LogP contribution in [0.15, 0.2) is 0 Å². The molecule has 2 N–H and O–H groups in total. The van der Waals surface area contributed by atoms with E-state index < -0.39 is 36.6 Å². The third-order valence-electron chi connectivity index (χ3n) is 2.94. The summed E-state index contributed by atoms with van der Waals surface area (Å²) < 4.78 is 20.8. The minimum atomic E-state index is -1.28. The van der Waals surface area contributed by atoms with Crippen LogP contribution in [0.25, 0.3) is 0 Å². The van der Waals surface area contributed by atoms with E-state index in [0.29, 0.717) is 0 Å². The largest absolute Gasteiger partial charge is 0.457 e. The van der Waals surface area contributed by atoms with Crippen molar-refractivity contribution in [1.29, 1.82) is 0 Å². The third-order valence-corrected chi connectivity index (χ3v) is 2.94. The fraction of sp³-hybridized carbons (Fsp3) is 0.833.